The molecule has 0 radical (unpaired) electrons. The van der Waals surface area contributed by atoms with Crippen LogP contribution in [0.5, 0.6) is 5.75 Å². The Morgan fingerprint density at radius 3 is 2.61 bits per heavy atom. The fraction of sp³-hybridized carbons (Fsp3) is 0.0667. The number of nitrogens with one attached hydrogen (secondary N) is 2. The van der Waals surface area contributed by atoms with E-state index in [1.54, 1.807) is 18.2 Å². The topological polar surface area (TPSA) is 84.3 Å². The van der Waals surface area contributed by atoms with Gasteiger partial charge in [0, 0.05) is 11.3 Å². The molecule has 1 amide bonds. The zero-order valence-electron chi connectivity index (χ0n) is 11.5. The number of amides is 1. The van der Waals surface area contributed by atoms with Crippen molar-refractivity contribution >= 4 is 22.7 Å². The number of hydrogen-bond donors (Lipinski definition) is 2. The predicted octanol–water partition coefficient (Wildman–Crippen LogP) is 2.97. The van der Waals surface area contributed by atoms with Gasteiger partial charge < -0.3 is 14.5 Å². The number of rotatable bonds is 4. The van der Waals surface area contributed by atoms with Crippen LogP contribution in [0.3, 0.4) is 0 Å². The molecule has 0 fully saturated rings. The number of carbonyl (C=O) groups excluding carboxylic acids is 1. The Morgan fingerprint density at radius 2 is 1.91 bits per heavy atom. The minimum atomic E-state index is -2.92. The maximum Gasteiger partial charge on any atom is 0.417 e. The summed E-state index contributed by atoms with van der Waals surface area (Å²) in [4.78, 5) is 25.6. The van der Waals surface area contributed by atoms with Crippen molar-refractivity contribution in [1.29, 1.82) is 0 Å². The van der Waals surface area contributed by atoms with Crippen LogP contribution in [0.2, 0.25) is 0 Å². The summed E-state index contributed by atoms with van der Waals surface area (Å²) in [7, 11) is 0. The molecule has 0 saturated heterocycles. The number of alkyl halides is 2. The monoisotopic (exact) mass is 320 g/mol. The van der Waals surface area contributed by atoms with E-state index in [2.05, 4.69) is 15.0 Å². The number of aromatic amines is 1. The van der Waals surface area contributed by atoms with Gasteiger partial charge in [-0.2, -0.15) is 8.78 Å². The van der Waals surface area contributed by atoms with E-state index in [1.807, 2.05) is 0 Å². The van der Waals surface area contributed by atoms with Gasteiger partial charge in [-0.3, -0.25) is 9.78 Å². The van der Waals surface area contributed by atoms with Crippen LogP contribution in [0, 0.1) is 0 Å². The molecule has 6 nitrogen and oxygen atoms in total. The third-order valence-corrected chi connectivity index (χ3v) is 3.02. The minimum Gasteiger partial charge on any atom is -0.435 e. The maximum atomic E-state index is 12.1. The average Bonchev–Trinajstić information content (AvgIpc) is 2.86. The van der Waals surface area contributed by atoms with Crippen LogP contribution in [0.25, 0.3) is 11.1 Å². The average molecular weight is 320 g/mol. The summed E-state index contributed by atoms with van der Waals surface area (Å²) in [6.07, 6.45) is 0. The van der Waals surface area contributed by atoms with Crippen molar-refractivity contribution in [1.82, 2.24) is 4.98 Å². The summed E-state index contributed by atoms with van der Waals surface area (Å²) < 4.78 is 33.2. The molecule has 0 aliphatic rings. The normalized spacial score (nSPS) is 10.9. The largest absolute Gasteiger partial charge is 0.435 e. The Kier molecular flexibility index (Phi) is 3.80. The van der Waals surface area contributed by atoms with Crippen molar-refractivity contribution in [3.63, 3.8) is 0 Å². The van der Waals surface area contributed by atoms with Gasteiger partial charge in [0.2, 0.25) is 0 Å². The Hall–Kier alpha value is -3.16. The summed E-state index contributed by atoms with van der Waals surface area (Å²) >= 11 is 0. The van der Waals surface area contributed by atoms with Crippen LogP contribution in [-0.2, 0) is 0 Å². The minimum absolute atomic E-state index is 0.0334. The summed E-state index contributed by atoms with van der Waals surface area (Å²) in [5.74, 6) is -1.05. The Balaban J connectivity index is 1.75. The number of fused-ring (bicyclic) bond motifs is 1. The van der Waals surface area contributed by atoms with E-state index in [4.69, 9.17) is 4.42 Å². The Labute approximate surface area is 127 Å². The number of hydrogen-bond acceptors (Lipinski definition) is 4. The second kappa shape index (κ2) is 5.91. The summed E-state index contributed by atoms with van der Waals surface area (Å²) in [5.41, 5.74) is 1.55. The number of H-pyrrole nitrogens is 1. The first-order chi connectivity index (χ1) is 11.0. The highest BCUT2D eigenvalue weighted by atomic mass is 19.3. The molecule has 23 heavy (non-hydrogen) atoms. The van der Waals surface area contributed by atoms with E-state index in [9.17, 15) is 18.4 Å². The summed E-state index contributed by atoms with van der Waals surface area (Å²) in [6.45, 7) is -2.92. The van der Waals surface area contributed by atoms with Crippen molar-refractivity contribution in [2.75, 3.05) is 5.32 Å². The van der Waals surface area contributed by atoms with Crippen molar-refractivity contribution in [2.24, 2.45) is 0 Å². The maximum absolute atomic E-state index is 12.1. The van der Waals surface area contributed by atoms with E-state index >= 15 is 0 Å². The molecule has 8 heteroatoms. The van der Waals surface area contributed by atoms with Crippen molar-refractivity contribution < 1.29 is 22.7 Å². The predicted molar refractivity (Wildman–Crippen MR) is 77.9 cm³/mol. The number of oxazole rings is 1. The first kappa shape index (κ1) is 14.8. The number of carbonyl (C=O) groups is 1. The van der Waals surface area contributed by atoms with Gasteiger partial charge in [0.1, 0.15) is 5.75 Å². The molecular formula is C15H10F2N2O4. The third kappa shape index (κ3) is 3.37. The van der Waals surface area contributed by atoms with Crippen LogP contribution >= 0.6 is 0 Å². The van der Waals surface area contributed by atoms with Crippen LogP contribution in [-0.4, -0.2) is 17.5 Å². The molecule has 2 N–H and O–H groups in total. The van der Waals surface area contributed by atoms with Crippen molar-refractivity contribution in [2.45, 2.75) is 6.61 Å². The fourth-order valence-corrected chi connectivity index (χ4v) is 2.02. The first-order valence-corrected chi connectivity index (χ1v) is 6.50. The molecule has 3 rings (SSSR count). The second-order valence-electron chi connectivity index (χ2n) is 4.58. The second-order valence-corrected chi connectivity index (χ2v) is 4.58. The van der Waals surface area contributed by atoms with Crippen molar-refractivity contribution in [3.05, 3.63) is 58.6 Å². The van der Waals surface area contributed by atoms with Crippen LogP contribution < -0.4 is 15.8 Å². The first-order valence-electron chi connectivity index (χ1n) is 6.50. The Bertz CT molecular complexity index is 900. The molecule has 118 valence electrons. The lowest BCUT2D eigenvalue weighted by Crippen LogP contribution is -2.11. The standard InChI is InChI=1S/C15H10F2N2O4/c16-14(17)22-10-4-1-8(2-5-10)13(20)18-9-3-6-12-11(7-9)19-15(21)23-12/h1-7,14H,(H,18,20)(H,19,21). The number of halogens is 2. The van der Waals surface area contributed by atoms with Crippen LogP contribution in [0.15, 0.2) is 51.7 Å². The number of benzene rings is 2. The molecule has 0 aliphatic heterocycles. The van der Waals surface area contributed by atoms with E-state index < -0.39 is 18.3 Å². The SMILES string of the molecule is O=C(Nc1ccc2oc(=O)[nH]c2c1)c1ccc(OC(F)F)cc1. The van der Waals surface area contributed by atoms with E-state index in [0.717, 1.165) is 0 Å². The van der Waals surface area contributed by atoms with Gasteiger partial charge in [-0.1, -0.05) is 0 Å². The van der Waals surface area contributed by atoms with E-state index in [1.165, 1.54) is 24.3 Å². The molecule has 0 saturated carbocycles. The highest BCUT2D eigenvalue weighted by Crippen LogP contribution is 2.18. The van der Waals surface area contributed by atoms with Gasteiger partial charge in [-0.15, -0.1) is 0 Å². The van der Waals surface area contributed by atoms with Crippen LogP contribution in [0.4, 0.5) is 14.5 Å². The van der Waals surface area contributed by atoms with Gasteiger partial charge in [-0.05, 0) is 42.5 Å². The lowest BCUT2D eigenvalue weighted by molar-refractivity contribution is -0.0498. The molecule has 2 aromatic carbocycles. The van der Waals surface area contributed by atoms with E-state index in [-0.39, 0.29) is 11.3 Å². The number of anilines is 1. The van der Waals surface area contributed by atoms with Crippen LogP contribution in [0.1, 0.15) is 10.4 Å². The van der Waals surface area contributed by atoms with Gasteiger partial charge >= 0.3 is 12.4 Å². The zero-order valence-corrected chi connectivity index (χ0v) is 11.5. The van der Waals surface area contributed by atoms with E-state index in [0.29, 0.717) is 16.8 Å². The lowest BCUT2D eigenvalue weighted by atomic mass is 10.2. The highest BCUT2D eigenvalue weighted by Gasteiger charge is 2.09. The number of ether oxygens (including phenoxy) is 1. The quantitative estimate of drug-likeness (QED) is 0.774. The van der Waals surface area contributed by atoms with Gasteiger partial charge in [0.15, 0.2) is 5.58 Å². The smallest absolute Gasteiger partial charge is 0.417 e. The highest BCUT2D eigenvalue weighted by molar-refractivity contribution is 6.04. The third-order valence-electron chi connectivity index (χ3n) is 3.02. The molecule has 1 aromatic heterocycles. The zero-order chi connectivity index (χ0) is 16.4. The van der Waals surface area contributed by atoms with Gasteiger partial charge in [0.05, 0.1) is 5.52 Å². The molecular weight excluding hydrogens is 310 g/mol. The molecule has 0 bridgehead atoms. The molecule has 0 unspecified atom stereocenters. The summed E-state index contributed by atoms with van der Waals surface area (Å²) in [5, 5.41) is 2.63. The Morgan fingerprint density at radius 1 is 1.17 bits per heavy atom. The molecule has 1 heterocycles. The summed E-state index contributed by atoms with van der Waals surface area (Å²) in [6, 6.07) is 9.95. The van der Waals surface area contributed by atoms with Crippen molar-refractivity contribution in [3.8, 4) is 5.75 Å². The number of aromatic nitrogens is 1. The molecule has 0 aliphatic carbocycles. The fourth-order valence-electron chi connectivity index (χ4n) is 2.02. The van der Waals surface area contributed by atoms with Gasteiger partial charge in [0.25, 0.3) is 5.91 Å². The lowest BCUT2D eigenvalue weighted by Gasteiger charge is -2.07. The molecule has 3 aromatic rings. The van der Waals surface area contributed by atoms with Gasteiger partial charge in [-0.25, -0.2) is 4.79 Å². The molecule has 0 spiro atoms. The molecule has 0 atom stereocenters.